The van der Waals surface area contributed by atoms with Crippen LogP contribution in [0.15, 0.2) is 41.3 Å². The molecule has 0 saturated carbocycles. The molecule has 0 radical (unpaired) electrons. The predicted octanol–water partition coefficient (Wildman–Crippen LogP) is 3.86. The molecular weight excluding hydrogens is 348 g/mol. The molecule has 132 valence electrons. The van der Waals surface area contributed by atoms with E-state index in [-0.39, 0.29) is 5.75 Å². The third-order valence-electron chi connectivity index (χ3n) is 3.28. The van der Waals surface area contributed by atoms with Crippen molar-refractivity contribution in [3.63, 3.8) is 0 Å². The van der Waals surface area contributed by atoms with E-state index in [4.69, 9.17) is 4.74 Å². The van der Waals surface area contributed by atoms with Gasteiger partial charge in [0, 0.05) is 4.90 Å². The van der Waals surface area contributed by atoms with E-state index in [1.54, 1.807) is 0 Å². The topological polar surface area (TPSA) is 55.4 Å². The van der Waals surface area contributed by atoms with Gasteiger partial charge >= 0.3 is 5.97 Å². The number of carbonyl (C=O) groups is 2. The van der Waals surface area contributed by atoms with Crippen LogP contribution in [0, 0.1) is 25.5 Å². The summed E-state index contributed by atoms with van der Waals surface area (Å²) in [6.07, 6.45) is 0. The van der Waals surface area contributed by atoms with Crippen molar-refractivity contribution in [1.29, 1.82) is 0 Å². The number of rotatable bonds is 6. The third-order valence-corrected chi connectivity index (χ3v) is 4.41. The normalized spacial score (nSPS) is 10.4. The number of benzene rings is 2. The van der Waals surface area contributed by atoms with Crippen molar-refractivity contribution >= 4 is 29.3 Å². The Hall–Kier alpha value is -2.41. The van der Waals surface area contributed by atoms with Crippen molar-refractivity contribution in [3.05, 3.63) is 59.2 Å². The predicted molar refractivity (Wildman–Crippen MR) is 92.6 cm³/mol. The number of halogens is 2. The molecule has 0 spiro atoms. The van der Waals surface area contributed by atoms with Gasteiger partial charge in [-0.15, -0.1) is 11.8 Å². The summed E-state index contributed by atoms with van der Waals surface area (Å²) in [6.45, 7) is 3.28. The lowest BCUT2D eigenvalue weighted by Crippen LogP contribution is -2.22. The molecule has 0 aromatic heterocycles. The quantitative estimate of drug-likeness (QED) is 0.624. The lowest BCUT2D eigenvalue weighted by atomic mass is 10.2. The minimum absolute atomic E-state index is 0.0334. The van der Waals surface area contributed by atoms with Gasteiger partial charge in [-0.1, -0.05) is 23.8 Å². The zero-order chi connectivity index (χ0) is 18.4. The van der Waals surface area contributed by atoms with E-state index in [1.807, 2.05) is 32.0 Å². The molecule has 7 heteroatoms. The van der Waals surface area contributed by atoms with Gasteiger partial charge in [-0.25, -0.2) is 8.78 Å². The first-order valence-electron chi connectivity index (χ1n) is 7.46. The smallest absolute Gasteiger partial charge is 0.316 e. The van der Waals surface area contributed by atoms with Crippen LogP contribution in [-0.2, 0) is 14.3 Å². The summed E-state index contributed by atoms with van der Waals surface area (Å²) in [5, 5.41) is 2.05. The lowest BCUT2D eigenvalue weighted by Gasteiger charge is -2.09. The summed E-state index contributed by atoms with van der Waals surface area (Å²) < 4.78 is 31.7. The van der Waals surface area contributed by atoms with E-state index >= 15 is 0 Å². The Balaban J connectivity index is 1.81. The van der Waals surface area contributed by atoms with Gasteiger partial charge in [-0.2, -0.15) is 0 Å². The molecular formula is C18H17F2NO3S. The van der Waals surface area contributed by atoms with E-state index < -0.39 is 35.8 Å². The van der Waals surface area contributed by atoms with Gasteiger partial charge in [0.2, 0.25) is 0 Å². The van der Waals surface area contributed by atoms with Crippen LogP contribution in [0.2, 0.25) is 0 Å². The highest BCUT2D eigenvalue weighted by molar-refractivity contribution is 8.00. The fraction of sp³-hybridized carbons (Fsp3) is 0.222. The average molecular weight is 365 g/mol. The molecule has 25 heavy (non-hydrogen) atoms. The van der Waals surface area contributed by atoms with Crippen molar-refractivity contribution in [3.8, 4) is 0 Å². The Bertz CT molecular complexity index is 776. The highest BCUT2D eigenvalue weighted by Gasteiger charge is 2.14. The molecule has 0 aliphatic rings. The van der Waals surface area contributed by atoms with Gasteiger partial charge in [-0.05, 0) is 37.6 Å². The Morgan fingerprint density at radius 1 is 1.12 bits per heavy atom. The van der Waals surface area contributed by atoms with Crippen LogP contribution in [0.1, 0.15) is 11.1 Å². The van der Waals surface area contributed by atoms with Crippen molar-refractivity contribution in [2.24, 2.45) is 0 Å². The third kappa shape index (κ3) is 5.56. The number of hydrogen-bond acceptors (Lipinski definition) is 4. The van der Waals surface area contributed by atoms with Crippen LogP contribution in [0.25, 0.3) is 0 Å². The largest absolute Gasteiger partial charge is 0.455 e. The molecule has 0 heterocycles. The first kappa shape index (κ1) is 18.9. The monoisotopic (exact) mass is 365 g/mol. The van der Waals surface area contributed by atoms with E-state index in [1.165, 1.54) is 17.8 Å². The summed E-state index contributed by atoms with van der Waals surface area (Å²) in [5.74, 6) is -3.16. The first-order chi connectivity index (χ1) is 11.9. The minimum atomic E-state index is -0.898. The molecule has 0 aliphatic carbocycles. The van der Waals surface area contributed by atoms with Gasteiger partial charge in [0.05, 0.1) is 5.75 Å². The number of hydrogen-bond donors (Lipinski definition) is 1. The fourth-order valence-corrected chi connectivity index (χ4v) is 2.90. The Labute approximate surface area is 148 Å². The number of nitrogens with one attached hydrogen (secondary N) is 1. The van der Waals surface area contributed by atoms with E-state index in [0.717, 1.165) is 28.2 Å². The zero-order valence-electron chi connectivity index (χ0n) is 13.8. The van der Waals surface area contributed by atoms with Gasteiger partial charge in [0.15, 0.2) is 6.61 Å². The maximum absolute atomic E-state index is 13.4. The number of esters is 1. The summed E-state index contributed by atoms with van der Waals surface area (Å²) in [6, 6.07) is 9.12. The van der Waals surface area contributed by atoms with Crippen LogP contribution >= 0.6 is 11.8 Å². The van der Waals surface area contributed by atoms with Gasteiger partial charge < -0.3 is 10.1 Å². The molecule has 4 nitrogen and oxygen atoms in total. The highest BCUT2D eigenvalue weighted by Crippen LogP contribution is 2.23. The summed E-state index contributed by atoms with van der Waals surface area (Å²) in [7, 11) is 0. The van der Waals surface area contributed by atoms with Gasteiger partial charge in [-0.3, -0.25) is 9.59 Å². The highest BCUT2D eigenvalue weighted by atomic mass is 32.2. The number of para-hydroxylation sites is 1. The van der Waals surface area contributed by atoms with Crippen LogP contribution in [0.3, 0.4) is 0 Å². The Morgan fingerprint density at radius 2 is 1.80 bits per heavy atom. The molecule has 2 aromatic carbocycles. The molecule has 0 fully saturated rings. The number of anilines is 1. The number of ether oxygens (including phenoxy) is 1. The van der Waals surface area contributed by atoms with E-state index in [9.17, 15) is 18.4 Å². The summed E-state index contributed by atoms with van der Waals surface area (Å²) >= 11 is 1.30. The maximum Gasteiger partial charge on any atom is 0.316 e. The maximum atomic E-state index is 13.4. The number of thioether (sulfide) groups is 1. The van der Waals surface area contributed by atoms with E-state index in [0.29, 0.717) is 0 Å². The Morgan fingerprint density at radius 3 is 2.48 bits per heavy atom. The lowest BCUT2D eigenvalue weighted by molar-refractivity contribution is -0.144. The second-order valence-electron chi connectivity index (χ2n) is 5.36. The summed E-state index contributed by atoms with van der Waals surface area (Å²) in [4.78, 5) is 24.4. The van der Waals surface area contributed by atoms with Crippen molar-refractivity contribution in [2.75, 3.05) is 17.7 Å². The van der Waals surface area contributed by atoms with Crippen LogP contribution in [0.5, 0.6) is 0 Å². The van der Waals surface area contributed by atoms with Gasteiger partial charge in [0.25, 0.3) is 5.91 Å². The number of amides is 1. The summed E-state index contributed by atoms with van der Waals surface area (Å²) in [5.41, 5.74) is 1.55. The second kappa shape index (κ2) is 8.62. The van der Waals surface area contributed by atoms with Crippen molar-refractivity contribution < 1.29 is 23.1 Å². The second-order valence-corrected chi connectivity index (χ2v) is 6.38. The molecule has 0 bridgehead atoms. The molecule has 2 rings (SSSR count). The van der Waals surface area contributed by atoms with E-state index in [2.05, 4.69) is 5.32 Å². The van der Waals surface area contributed by atoms with Crippen molar-refractivity contribution in [1.82, 2.24) is 0 Å². The minimum Gasteiger partial charge on any atom is -0.455 e. The molecule has 0 aliphatic heterocycles. The van der Waals surface area contributed by atoms with Gasteiger partial charge in [0.1, 0.15) is 17.3 Å². The number of aryl methyl sites for hydroxylation is 2. The molecule has 0 unspecified atom stereocenters. The molecule has 0 atom stereocenters. The van der Waals surface area contributed by atoms with Crippen LogP contribution in [-0.4, -0.2) is 24.2 Å². The van der Waals surface area contributed by atoms with Crippen LogP contribution < -0.4 is 5.32 Å². The zero-order valence-corrected chi connectivity index (χ0v) is 14.6. The first-order valence-corrected chi connectivity index (χ1v) is 8.45. The molecule has 1 N–H and O–H groups in total. The standard InChI is InChI=1S/C18H17F2NO3S/c1-11-6-7-12(2)15(8-11)25-10-17(23)24-9-16(22)21-18-13(19)4-3-5-14(18)20/h3-8H,9-10H2,1-2H3,(H,21,22). The number of carbonyl (C=O) groups excluding carboxylic acids is 2. The molecule has 0 saturated heterocycles. The van der Waals surface area contributed by atoms with Crippen molar-refractivity contribution in [2.45, 2.75) is 18.7 Å². The SMILES string of the molecule is Cc1ccc(C)c(SCC(=O)OCC(=O)Nc2c(F)cccc2F)c1. The average Bonchev–Trinajstić information content (AvgIpc) is 2.57. The fourth-order valence-electron chi connectivity index (χ4n) is 1.98. The Kier molecular flexibility index (Phi) is 6.52. The molecule has 1 amide bonds. The molecule has 2 aromatic rings. The van der Waals surface area contributed by atoms with Crippen LogP contribution in [0.4, 0.5) is 14.5 Å².